The molecule has 3 fully saturated rings. The molecule has 0 aromatic heterocycles. The third kappa shape index (κ3) is 1.40. The molecule has 2 heterocycles. The highest BCUT2D eigenvalue weighted by atomic mass is 16.3. The predicted octanol–water partition coefficient (Wildman–Crippen LogP) is 1.53. The van der Waals surface area contributed by atoms with Crippen LogP contribution in [0.4, 0.5) is 0 Å². The monoisotopic (exact) mass is 181 g/mol. The molecule has 1 N–H and O–H groups in total. The van der Waals surface area contributed by atoms with E-state index in [1.165, 1.54) is 32.1 Å². The molecule has 74 valence electrons. The van der Waals surface area contributed by atoms with Crippen LogP contribution in [0.15, 0.2) is 0 Å². The molecule has 3 atom stereocenters. The molecule has 2 aliphatic heterocycles. The fourth-order valence-electron chi connectivity index (χ4n) is 3.36. The first kappa shape index (κ1) is 8.25. The van der Waals surface area contributed by atoms with Crippen molar-refractivity contribution in [2.24, 2.45) is 0 Å². The zero-order chi connectivity index (χ0) is 8.84. The molecule has 1 unspecified atom stereocenters. The van der Waals surface area contributed by atoms with Crippen molar-refractivity contribution in [3.63, 3.8) is 0 Å². The highest BCUT2D eigenvalue weighted by Gasteiger charge is 2.44. The van der Waals surface area contributed by atoms with E-state index in [1.54, 1.807) is 0 Å². The van der Waals surface area contributed by atoms with Gasteiger partial charge in [0.25, 0.3) is 0 Å². The number of rotatable bonds is 1. The second-order valence-electron chi connectivity index (χ2n) is 5.04. The van der Waals surface area contributed by atoms with Gasteiger partial charge >= 0.3 is 0 Å². The molecule has 0 aromatic rings. The van der Waals surface area contributed by atoms with Crippen LogP contribution >= 0.6 is 0 Å². The molecule has 0 radical (unpaired) electrons. The Hall–Kier alpha value is -0.0800. The summed E-state index contributed by atoms with van der Waals surface area (Å²) in [6.45, 7) is 0. The van der Waals surface area contributed by atoms with Gasteiger partial charge in [0, 0.05) is 18.1 Å². The average Bonchev–Trinajstić information content (AvgIpc) is 2.85. The van der Waals surface area contributed by atoms with Crippen molar-refractivity contribution in [3.8, 4) is 0 Å². The molecule has 2 heteroatoms. The molecular formula is C11H19NO. The van der Waals surface area contributed by atoms with Crippen molar-refractivity contribution in [2.45, 2.75) is 69.2 Å². The van der Waals surface area contributed by atoms with E-state index in [0.717, 1.165) is 31.0 Å². The lowest BCUT2D eigenvalue weighted by Gasteiger charge is -2.48. The maximum atomic E-state index is 9.71. The summed E-state index contributed by atoms with van der Waals surface area (Å²) in [4.78, 5) is 2.75. The molecule has 13 heavy (non-hydrogen) atoms. The van der Waals surface area contributed by atoms with Gasteiger partial charge < -0.3 is 5.11 Å². The van der Waals surface area contributed by atoms with E-state index in [-0.39, 0.29) is 6.10 Å². The molecule has 3 aliphatic rings. The number of nitrogens with zero attached hydrogens (tertiary/aromatic N) is 1. The van der Waals surface area contributed by atoms with Crippen LogP contribution in [0.2, 0.25) is 0 Å². The van der Waals surface area contributed by atoms with Crippen LogP contribution < -0.4 is 0 Å². The Morgan fingerprint density at radius 3 is 2.00 bits per heavy atom. The first-order valence-corrected chi connectivity index (χ1v) is 5.80. The van der Waals surface area contributed by atoms with Gasteiger partial charge in [-0.3, -0.25) is 4.90 Å². The Labute approximate surface area is 79.9 Å². The lowest BCUT2D eigenvalue weighted by atomic mass is 9.83. The Kier molecular flexibility index (Phi) is 1.88. The minimum atomic E-state index is 0.00491. The molecule has 3 rings (SSSR count). The van der Waals surface area contributed by atoms with Crippen LogP contribution in [0.3, 0.4) is 0 Å². The van der Waals surface area contributed by atoms with Crippen molar-refractivity contribution in [2.75, 3.05) is 0 Å². The van der Waals surface area contributed by atoms with E-state index in [0.29, 0.717) is 0 Å². The first-order chi connectivity index (χ1) is 6.34. The van der Waals surface area contributed by atoms with Gasteiger partial charge in [0.05, 0.1) is 6.10 Å². The standard InChI is InChI=1S/C11H19NO/c13-11-6-9-2-1-3-10(7-11)12(9)8-4-5-8/h8-11,13H,1-7H2/t9-,10+,11?. The maximum absolute atomic E-state index is 9.71. The van der Waals surface area contributed by atoms with Gasteiger partial charge in [-0.1, -0.05) is 6.42 Å². The van der Waals surface area contributed by atoms with E-state index in [4.69, 9.17) is 0 Å². The van der Waals surface area contributed by atoms with Crippen LogP contribution in [0.1, 0.15) is 44.9 Å². The summed E-state index contributed by atoms with van der Waals surface area (Å²) in [5, 5.41) is 9.71. The van der Waals surface area contributed by atoms with E-state index < -0.39 is 0 Å². The Balaban J connectivity index is 1.78. The van der Waals surface area contributed by atoms with Gasteiger partial charge in [-0.15, -0.1) is 0 Å². The minimum Gasteiger partial charge on any atom is -0.393 e. The molecule has 2 bridgehead atoms. The average molecular weight is 181 g/mol. The summed E-state index contributed by atoms with van der Waals surface area (Å²) in [5.41, 5.74) is 0. The topological polar surface area (TPSA) is 23.5 Å². The quantitative estimate of drug-likeness (QED) is 0.663. The summed E-state index contributed by atoms with van der Waals surface area (Å²) >= 11 is 0. The lowest BCUT2D eigenvalue weighted by Crippen LogP contribution is -2.54. The van der Waals surface area contributed by atoms with Crippen LogP contribution in [0.5, 0.6) is 0 Å². The highest BCUT2D eigenvalue weighted by molar-refractivity contribution is 4.99. The third-order valence-corrected chi connectivity index (χ3v) is 3.97. The summed E-state index contributed by atoms with van der Waals surface area (Å²) in [5.74, 6) is 0. The molecule has 0 amide bonds. The third-order valence-electron chi connectivity index (χ3n) is 3.97. The summed E-state index contributed by atoms with van der Waals surface area (Å²) in [6, 6.07) is 2.37. The number of fused-ring (bicyclic) bond motifs is 2. The van der Waals surface area contributed by atoms with Crippen molar-refractivity contribution in [1.29, 1.82) is 0 Å². The zero-order valence-corrected chi connectivity index (χ0v) is 8.15. The van der Waals surface area contributed by atoms with Crippen LogP contribution in [-0.2, 0) is 0 Å². The Bertz CT molecular complexity index is 188. The molecule has 2 nitrogen and oxygen atoms in total. The normalized spacial score (nSPS) is 46.4. The van der Waals surface area contributed by atoms with E-state index in [2.05, 4.69) is 4.90 Å². The fraction of sp³-hybridized carbons (Fsp3) is 1.00. The van der Waals surface area contributed by atoms with Gasteiger partial charge in [-0.05, 0) is 38.5 Å². The number of hydrogen-bond donors (Lipinski definition) is 1. The van der Waals surface area contributed by atoms with Gasteiger partial charge in [-0.2, -0.15) is 0 Å². The van der Waals surface area contributed by atoms with Crippen LogP contribution in [0, 0.1) is 0 Å². The number of aliphatic hydroxyl groups is 1. The lowest BCUT2D eigenvalue weighted by molar-refractivity contribution is -0.0312. The van der Waals surface area contributed by atoms with Crippen molar-refractivity contribution in [3.05, 3.63) is 0 Å². The number of piperidine rings is 2. The van der Waals surface area contributed by atoms with E-state index in [1.807, 2.05) is 0 Å². The van der Waals surface area contributed by atoms with Crippen molar-refractivity contribution in [1.82, 2.24) is 4.90 Å². The SMILES string of the molecule is OC1C[C@H]2CCC[C@@H](C1)N2C1CC1. The van der Waals surface area contributed by atoms with Gasteiger partial charge in [0.15, 0.2) is 0 Å². The molecule has 0 spiro atoms. The van der Waals surface area contributed by atoms with Crippen molar-refractivity contribution >= 4 is 0 Å². The molecule has 1 aliphatic carbocycles. The predicted molar refractivity (Wildman–Crippen MR) is 51.5 cm³/mol. The van der Waals surface area contributed by atoms with Gasteiger partial charge in [-0.25, -0.2) is 0 Å². The largest absolute Gasteiger partial charge is 0.393 e. The fourth-order valence-corrected chi connectivity index (χ4v) is 3.36. The smallest absolute Gasteiger partial charge is 0.0570 e. The number of hydrogen-bond acceptors (Lipinski definition) is 2. The Morgan fingerprint density at radius 2 is 1.46 bits per heavy atom. The summed E-state index contributed by atoms with van der Waals surface area (Å²) < 4.78 is 0. The molecule has 1 saturated carbocycles. The first-order valence-electron chi connectivity index (χ1n) is 5.80. The van der Waals surface area contributed by atoms with Gasteiger partial charge in [0.2, 0.25) is 0 Å². The maximum Gasteiger partial charge on any atom is 0.0570 e. The van der Waals surface area contributed by atoms with E-state index in [9.17, 15) is 5.11 Å². The molecule has 2 saturated heterocycles. The summed E-state index contributed by atoms with van der Waals surface area (Å²) in [6.07, 6.45) is 9.01. The van der Waals surface area contributed by atoms with Crippen LogP contribution in [0.25, 0.3) is 0 Å². The molecule has 0 aromatic carbocycles. The number of aliphatic hydroxyl groups excluding tert-OH is 1. The van der Waals surface area contributed by atoms with Gasteiger partial charge in [0.1, 0.15) is 0 Å². The summed E-state index contributed by atoms with van der Waals surface area (Å²) in [7, 11) is 0. The zero-order valence-electron chi connectivity index (χ0n) is 8.15. The Morgan fingerprint density at radius 1 is 0.846 bits per heavy atom. The second kappa shape index (κ2) is 2.96. The van der Waals surface area contributed by atoms with Crippen molar-refractivity contribution < 1.29 is 5.11 Å². The second-order valence-corrected chi connectivity index (χ2v) is 5.04. The molecular weight excluding hydrogens is 162 g/mol. The highest BCUT2D eigenvalue weighted by Crippen LogP contribution is 2.41. The minimum absolute atomic E-state index is 0.00491. The van der Waals surface area contributed by atoms with E-state index >= 15 is 0 Å². The van der Waals surface area contributed by atoms with Crippen LogP contribution in [-0.4, -0.2) is 34.2 Å².